The average molecular weight is 349 g/mol. The number of H-pyrrole nitrogens is 1. The first-order valence-electron chi connectivity index (χ1n) is 8.88. The van der Waals surface area contributed by atoms with Crippen LogP contribution in [0, 0.1) is 6.92 Å². The molecule has 2 aromatic carbocycles. The molecule has 26 heavy (non-hydrogen) atoms. The van der Waals surface area contributed by atoms with Gasteiger partial charge in [0.15, 0.2) is 5.82 Å². The zero-order valence-corrected chi connectivity index (χ0v) is 14.8. The first-order valence-corrected chi connectivity index (χ1v) is 8.88. The molecule has 0 amide bonds. The number of hydrogen-bond donors (Lipinski definition) is 4. The Morgan fingerprint density at radius 1 is 1.08 bits per heavy atom. The van der Waals surface area contributed by atoms with E-state index in [9.17, 15) is 5.11 Å². The molecule has 0 spiro atoms. The van der Waals surface area contributed by atoms with Crippen molar-refractivity contribution in [3.05, 3.63) is 54.1 Å². The van der Waals surface area contributed by atoms with Gasteiger partial charge in [0.2, 0.25) is 0 Å². The molecule has 3 aromatic rings. The van der Waals surface area contributed by atoms with Crippen LogP contribution in [0.1, 0.15) is 5.56 Å². The van der Waals surface area contributed by atoms with E-state index in [1.165, 1.54) is 11.3 Å². The lowest BCUT2D eigenvalue weighted by Crippen LogP contribution is -2.43. The van der Waals surface area contributed by atoms with Crippen LogP contribution in [0.15, 0.2) is 48.5 Å². The number of phenolic OH excluding ortho intramolecular Hbond substituents is 1. The van der Waals surface area contributed by atoms with E-state index in [4.69, 9.17) is 0 Å². The van der Waals surface area contributed by atoms with E-state index in [-0.39, 0.29) is 5.75 Å². The number of phenols is 1. The molecule has 0 aliphatic carbocycles. The number of benzene rings is 2. The van der Waals surface area contributed by atoms with Crippen LogP contribution in [-0.4, -0.2) is 41.5 Å². The van der Waals surface area contributed by atoms with Crippen molar-refractivity contribution < 1.29 is 5.11 Å². The van der Waals surface area contributed by atoms with Crippen molar-refractivity contribution in [1.29, 1.82) is 0 Å². The van der Waals surface area contributed by atoms with E-state index in [0.29, 0.717) is 0 Å². The van der Waals surface area contributed by atoms with Gasteiger partial charge in [-0.15, -0.1) is 0 Å². The van der Waals surface area contributed by atoms with Crippen LogP contribution in [0.4, 0.5) is 17.2 Å². The summed E-state index contributed by atoms with van der Waals surface area (Å²) in [7, 11) is 0. The number of nitrogens with zero attached hydrogens (tertiary/aromatic N) is 2. The molecule has 1 aliphatic heterocycles. The molecular weight excluding hydrogens is 326 g/mol. The number of aryl methyl sites for hydroxylation is 1. The molecule has 1 fully saturated rings. The molecule has 0 bridgehead atoms. The molecule has 0 saturated carbocycles. The summed E-state index contributed by atoms with van der Waals surface area (Å²) in [5, 5.41) is 24.0. The minimum atomic E-state index is 0.235. The summed E-state index contributed by atoms with van der Waals surface area (Å²) in [6.45, 7) is 6.23. The Labute approximate surface area is 152 Å². The molecule has 6 heteroatoms. The maximum Gasteiger partial charge on any atom is 0.152 e. The number of anilines is 3. The van der Waals surface area contributed by atoms with Gasteiger partial charge in [-0.1, -0.05) is 12.1 Å². The topological polar surface area (TPSA) is 76.2 Å². The van der Waals surface area contributed by atoms with Crippen LogP contribution in [-0.2, 0) is 0 Å². The van der Waals surface area contributed by atoms with Gasteiger partial charge in [-0.2, -0.15) is 5.10 Å². The third-order valence-corrected chi connectivity index (χ3v) is 4.73. The van der Waals surface area contributed by atoms with Crippen LogP contribution in [0.5, 0.6) is 5.75 Å². The Bertz CT molecular complexity index is 899. The maximum atomic E-state index is 9.98. The summed E-state index contributed by atoms with van der Waals surface area (Å²) in [4.78, 5) is 2.40. The molecule has 4 rings (SSSR count). The number of rotatable bonds is 4. The number of aromatic amines is 1. The van der Waals surface area contributed by atoms with Gasteiger partial charge in [0.05, 0.1) is 5.69 Å². The Balaban J connectivity index is 1.52. The lowest BCUT2D eigenvalue weighted by Gasteiger charge is -2.30. The number of nitrogens with one attached hydrogen (secondary N) is 3. The molecule has 1 aromatic heterocycles. The quantitative estimate of drug-likeness (QED) is 0.582. The molecule has 1 saturated heterocycles. The van der Waals surface area contributed by atoms with E-state index in [1.54, 1.807) is 12.1 Å². The van der Waals surface area contributed by atoms with Crippen molar-refractivity contribution in [2.75, 3.05) is 36.4 Å². The standard InChI is InChI=1S/C20H23N5O/c1-14-12-15(25-10-8-21-9-11-25)6-7-17(14)22-20-13-18(23-24-20)16-4-2-3-5-19(16)26/h2-7,12-13,21,26H,8-11H2,1H3,(H2,22,23,24). The van der Waals surface area contributed by atoms with E-state index in [0.717, 1.165) is 48.9 Å². The molecule has 0 radical (unpaired) electrons. The van der Waals surface area contributed by atoms with E-state index in [1.807, 2.05) is 18.2 Å². The first kappa shape index (κ1) is 16.5. The largest absolute Gasteiger partial charge is 0.507 e. The molecule has 0 atom stereocenters. The second kappa shape index (κ2) is 7.09. The number of aromatic hydroxyl groups is 1. The van der Waals surface area contributed by atoms with Crippen LogP contribution in [0.2, 0.25) is 0 Å². The summed E-state index contributed by atoms with van der Waals surface area (Å²) in [6.07, 6.45) is 0. The highest BCUT2D eigenvalue weighted by molar-refractivity contribution is 5.72. The predicted molar refractivity (Wildman–Crippen MR) is 105 cm³/mol. The molecule has 134 valence electrons. The third kappa shape index (κ3) is 3.36. The smallest absolute Gasteiger partial charge is 0.152 e. The highest BCUT2D eigenvalue weighted by Gasteiger charge is 2.12. The maximum absolute atomic E-state index is 9.98. The van der Waals surface area contributed by atoms with Crippen LogP contribution in [0.3, 0.4) is 0 Å². The number of para-hydroxylation sites is 1. The van der Waals surface area contributed by atoms with Crippen molar-refractivity contribution in [2.24, 2.45) is 0 Å². The Kier molecular flexibility index (Phi) is 4.50. The lowest BCUT2D eigenvalue weighted by atomic mass is 10.1. The normalized spacial score (nSPS) is 14.4. The molecule has 6 nitrogen and oxygen atoms in total. The van der Waals surface area contributed by atoms with E-state index < -0.39 is 0 Å². The van der Waals surface area contributed by atoms with Crippen molar-refractivity contribution in [3.8, 4) is 17.0 Å². The Morgan fingerprint density at radius 2 is 1.88 bits per heavy atom. The number of hydrogen-bond acceptors (Lipinski definition) is 5. The minimum Gasteiger partial charge on any atom is -0.507 e. The van der Waals surface area contributed by atoms with Gasteiger partial charge < -0.3 is 20.6 Å². The first-order chi connectivity index (χ1) is 12.7. The molecule has 2 heterocycles. The second-order valence-electron chi connectivity index (χ2n) is 6.55. The van der Waals surface area contributed by atoms with Crippen LogP contribution in [0.25, 0.3) is 11.3 Å². The molecular formula is C20H23N5O. The third-order valence-electron chi connectivity index (χ3n) is 4.73. The van der Waals surface area contributed by atoms with Gasteiger partial charge in [-0.3, -0.25) is 5.10 Å². The van der Waals surface area contributed by atoms with Gasteiger partial charge in [0.1, 0.15) is 5.75 Å². The molecule has 4 N–H and O–H groups in total. The van der Waals surface area contributed by atoms with Crippen molar-refractivity contribution >= 4 is 17.2 Å². The zero-order chi connectivity index (χ0) is 17.9. The lowest BCUT2D eigenvalue weighted by molar-refractivity contribution is 0.477. The fourth-order valence-corrected chi connectivity index (χ4v) is 3.27. The summed E-state index contributed by atoms with van der Waals surface area (Å²) < 4.78 is 0. The summed E-state index contributed by atoms with van der Waals surface area (Å²) in [5.41, 5.74) is 4.97. The molecule has 1 aliphatic rings. The zero-order valence-electron chi connectivity index (χ0n) is 14.8. The van der Waals surface area contributed by atoms with Crippen molar-refractivity contribution in [2.45, 2.75) is 6.92 Å². The van der Waals surface area contributed by atoms with E-state index in [2.05, 4.69) is 50.9 Å². The summed E-state index contributed by atoms with van der Waals surface area (Å²) >= 11 is 0. The number of aromatic nitrogens is 2. The predicted octanol–water partition coefficient (Wildman–Crippen LogP) is 3.24. The molecule has 0 unspecified atom stereocenters. The van der Waals surface area contributed by atoms with Crippen molar-refractivity contribution in [1.82, 2.24) is 15.5 Å². The average Bonchev–Trinajstić information content (AvgIpc) is 3.13. The Hall–Kier alpha value is -2.99. The van der Waals surface area contributed by atoms with Crippen LogP contribution < -0.4 is 15.5 Å². The SMILES string of the molecule is Cc1cc(N2CCNCC2)ccc1Nc1cc(-c2ccccc2O)[nH]n1. The highest BCUT2D eigenvalue weighted by Crippen LogP contribution is 2.30. The van der Waals surface area contributed by atoms with Crippen molar-refractivity contribution in [3.63, 3.8) is 0 Å². The Morgan fingerprint density at radius 3 is 2.65 bits per heavy atom. The van der Waals surface area contributed by atoms with Gasteiger partial charge in [0, 0.05) is 49.2 Å². The van der Waals surface area contributed by atoms with Gasteiger partial charge in [-0.05, 0) is 42.8 Å². The summed E-state index contributed by atoms with van der Waals surface area (Å²) in [5.74, 6) is 0.959. The monoisotopic (exact) mass is 349 g/mol. The minimum absolute atomic E-state index is 0.235. The fraction of sp³-hybridized carbons (Fsp3) is 0.250. The fourth-order valence-electron chi connectivity index (χ4n) is 3.27. The van der Waals surface area contributed by atoms with Gasteiger partial charge >= 0.3 is 0 Å². The van der Waals surface area contributed by atoms with Gasteiger partial charge in [-0.25, -0.2) is 0 Å². The summed E-state index contributed by atoms with van der Waals surface area (Å²) in [6, 6.07) is 15.6. The van der Waals surface area contributed by atoms with Gasteiger partial charge in [0.25, 0.3) is 0 Å². The highest BCUT2D eigenvalue weighted by atomic mass is 16.3. The van der Waals surface area contributed by atoms with Crippen LogP contribution >= 0.6 is 0 Å². The number of piperazine rings is 1. The second-order valence-corrected chi connectivity index (χ2v) is 6.55. The van der Waals surface area contributed by atoms with E-state index >= 15 is 0 Å².